The lowest BCUT2D eigenvalue weighted by atomic mass is 9.99. The fourth-order valence-electron chi connectivity index (χ4n) is 4.09. The number of likely N-dealkylation sites (N-methyl/N-ethyl adjacent to an activating group) is 1. The second-order valence-electron chi connectivity index (χ2n) is 9.88. The summed E-state index contributed by atoms with van der Waals surface area (Å²) in [6.45, 7) is 7.50. The lowest BCUT2D eigenvalue weighted by Crippen LogP contribution is -2.50. The molecule has 5 amide bonds. The largest absolute Gasteiger partial charge is 0.485 e. The fraction of sp³-hybridized carbons (Fsp3) is 0.444. The maximum Gasteiger partial charge on any atom is 0.321 e. The number of hydrogen-bond donors (Lipinski definition) is 4. The van der Waals surface area contributed by atoms with Crippen molar-refractivity contribution in [3.8, 4) is 5.75 Å². The summed E-state index contributed by atoms with van der Waals surface area (Å²) in [4.78, 5) is 41.9. The Kier molecular flexibility index (Phi) is 9.51. The van der Waals surface area contributed by atoms with Crippen LogP contribution in [0.1, 0.15) is 38.1 Å². The number of halogens is 1. The first kappa shape index (κ1) is 28.7. The number of para-hydroxylation sites is 1. The number of rotatable bonds is 7. The summed E-state index contributed by atoms with van der Waals surface area (Å²) in [5.74, 6) is -0.799. The molecular weight excluding hydrogens is 493 g/mol. The van der Waals surface area contributed by atoms with Crippen LogP contribution in [0.2, 0.25) is 0 Å². The fourth-order valence-corrected chi connectivity index (χ4v) is 4.09. The minimum Gasteiger partial charge on any atom is -0.485 e. The van der Waals surface area contributed by atoms with E-state index in [2.05, 4.69) is 16.0 Å². The normalized spacial score (nSPS) is 18.0. The molecule has 11 heteroatoms. The highest BCUT2D eigenvalue weighted by Gasteiger charge is 2.35. The third kappa shape index (κ3) is 7.12. The molecule has 0 unspecified atom stereocenters. The van der Waals surface area contributed by atoms with Crippen LogP contribution in [0, 0.1) is 11.7 Å². The summed E-state index contributed by atoms with van der Waals surface area (Å²) < 4.78 is 19.6. The molecule has 0 saturated carbocycles. The summed E-state index contributed by atoms with van der Waals surface area (Å²) >= 11 is 0. The third-order valence-corrected chi connectivity index (χ3v) is 6.26. The van der Waals surface area contributed by atoms with Gasteiger partial charge in [0, 0.05) is 31.2 Å². The van der Waals surface area contributed by atoms with Gasteiger partial charge in [-0.1, -0.05) is 13.0 Å². The van der Waals surface area contributed by atoms with Gasteiger partial charge in [-0.2, -0.15) is 0 Å². The zero-order chi connectivity index (χ0) is 28.0. The second-order valence-corrected chi connectivity index (χ2v) is 9.88. The molecule has 0 saturated heterocycles. The molecule has 3 rings (SSSR count). The molecule has 0 spiro atoms. The number of hydrogen-bond acceptors (Lipinski definition) is 5. The molecule has 1 aliphatic heterocycles. The second kappa shape index (κ2) is 12.6. The smallest absolute Gasteiger partial charge is 0.321 e. The van der Waals surface area contributed by atoms with Gasteiger partial charge in [-0.3, -0.25) is 4.79 Å². The maximum atomic E-state index is 13.5. The molecule has 4 N–H and O–H groups in total. The van der Waals surface area contributed by atoms with Crippen molar-refractivity contribution in [2.24, 2.45) is 5.92 Å². The van der Waals surface area contributed by atoms with Crippen LogP contribution in [0.4, 0.5) is 25.4 Å². The van der Waals surface area contributed by atoms with Crippen LogP contribution in [0.25, 0.3) is 0 Å². The van der Waals surface area contributed by atoms with Gasteiger partial charge in [-0.25, -0.2) is 14.0 Å². The number of anilines is 2. The number of benzene rings is 2. The van der Waals surface area contributed by atoms with E-state index in [0.717, 1.165) is 0 Å². The summed E-state index contributed by atoms with van der Waals surface area (Å²) in [5.41, 5.74) is 0.988. The first-order valence-corrected chi connectivity index (χ1v) is 12.6. The number of amides is 5. The topological polar surface area (TPSA) is 123 Å². The third-order valence-electron chi connectivity index (χ3n) is 6.26. The molecular formula is C27H36FN5O5. The highest BCUT2D eigenvalue weighted by atomic mass is 19.1. The van der Waals surface area contributed by atoms with E-state index in [9.17, 15) is 23.9 Å². The summed E-state index contributed by atoms with van der Waals surface area (Å²) in [7, 11) is 1.61. The van der Waals surface area contributed by atoms with Crippen LogP contribution in [0.15, 0.2) is 42.5 Å². The number of aliphatic hydroxyl groups is 1. The van der Waals surface area contributed by atoms with Crippen molar-refractivity contribution < 1.29 is 28.6 Å². The molecule has 206 valence electrons. The molecule has 10 nitrogen and oxygen atoms in total. The van der Waals surface area contributed by atoms with Crippen molar-refractivity contribution in [2.45, 2.75) is 45.9 Å². The van der Waals surface area contributed by atoms with E-state index < -0.39 is 30.0 Å². The van der Waals surface area contributed by atoms with Gasteiger partial charge in [-0.15, -0.1) is 0 Å². The predicted molar refractivity (Wildman–Crippen MR) is 143 cm³/mol. The van der Waals surface area contributed by atoms with Crippen LogP contribution in [-0.4, -0.2) is 77.8 Å². The summed E-state index contributed by atoms with van der Waals surface area (Å²) in [6.07, 6.45) is -0.574. The van der Waals surface area contributed by atoms with Gasteiger partial charge in [0.1, 0.15) is 11.9 Å². The minimum absolute atomic E-state index is 0.106. The van der Waals surface area contributed by atoms with Gasteiger partial charge in [0.15, 0.2) is 5.75 Å². The molecule has 2 aromatic rings. The van der Waals surface area contributed by atoms with E-state index in [0.29, 0.717) is 11.4 Å². The number of urea groups is 2. The molecule has 1 heterocycles. The van der Waals surface area contributed by atoms with Crippen LogP contribution in [0.5, 0.6) is 5.75 Å². The molecule has 0 aromatic heterocycles. The first-order valence-electron chi connectivity index (χ1n) is 12.6. The summed E-state index contributed by atoms with van der Waals surface area (Å²) in [6, 6.07) is 8.89. The number of aliphatic hydroxyl groups excluding tert-OH is 1. The van der Waals surface area contributed by atoms with E-state index in [1.165, 1.54) is 29.2 Å². The van der Waals surface area contributed by atoms with E-state index in [1.807, 2.05) is 20.8 Å². The monoisotopic (exact) mass is 529 g/mol. The van der Waals surface area contributed by atoms with E-state index in [4.69, 9.17) is 4.74 Å². The number of nitrogens with one attached hydrogen (secondary N) is 3. The Morgan fingerprint density at radius 3 is 2.47 bits per heavy atom. The standard InChI is InChI=1S/C27H36FN5O5/c1-16(2)29-26(36)31-22-8-6-7-21-24(22)38-23(17(3)13-33(25(21)35)18(4)15-34)14-32(5)27(37)30-20-11-9-19(28)10-12-20/h6-12,16-18,23,34H,13-15H2,1-5H3,(H,30,37)(H2,29,31,36)/t17-,18-,23-/m1/s1. The van der Waals surface area contributed by atoms with Crippen molar-refractivity contribution in [1.29, 1.82) is 0 Å². The van der Waals surface area contributed by atoms with Gasteiger partial charge < -0.3 is 35.6 Å². The Bertz CT molecular complexity index is 1140. The lowest BCUT2D eigenvalue weighted by molar-refractivity contribution is 0.0373. The van der Waals surface area contributed by atoms with Crippen molar-refractivity contribution in [3.05, 3.63) is 53.8 Å². The zero-order valence-corrected chi connectivity index (χ0v) is 22.3. The highest BCUT2D eigenvalue weighted by Crippen LogP contribution is 2.35. The predicted octanol–water partition coefficient (Wildman–Crippen LogP) is 3.74. The van der Waals surface area contributed by atoms with E-state index in [1.54, 1.807) is 37.1 Å². The Morgan fingerprint density at radius 2 is 1.84 bits per heavy atom. The summed E-state index contributed by atoms with van der Waals surface area (Å²) in [5, 5.41) is 18.1. The quantitative estimate of drug-likeness (QED) is 0.435. The van der Waals surface area contributed by atoms with Crippen molar-refractivity contribution in [3.63, 3.8) is 0 Å². The molecule has 0 radical (unpaired) electrons. The number of nitrogens with zero attached hydrogens (tertiary/aromatic N) is 2. The number of ether oxygens (including phenoxy) is 1. The number of carbonyl (C=O) groups is 3. The molecule has 2 aromatic carbocycles. The Balaban J connectivity index is 1.92. The lowest BCUT2D eigenvalue weighted by Gasteiger charge is -2.38. The number of fused-ring (bicyclic) bond motifs is 1. The first-order chi connectivity index (χ1) is 18.0. The van der Waals surface area contributed by atoms with Crippen LogP contribution >= 0.6 is 0 Å². The van der Waals surface area contributed by atoms with E-state index in [-0.39, 0.29) is 48.9 Å². The van der Waals surface area contributed by atoms with Crippen molar-refractivity contribution >= 4 is 29.3 Å². The highest BCUT2D eigenvalue weighted by molar-refractivity contribution is 6.01. The van der Waals surface area contributed by atoms with Gasteiger partial charge in [0.25, 0.3) is 5.91 Å². The van der Waals surface area contributed by atoms with Gasteiger partial charge in [0.05, 0.1) is 30.4 Å². The Hall–Kier alpha value is -3.86. The molecule has 0 bridgehead atoms. The Morgan fingerprint density at radius 1 is 1.16 bits per heavy atom. The van der Waals surface area contributed by atoms with Crippen LogP contribution < -0.4 is 20.7 Å². The molecule has 1 aliphatic rings. The Labute approximate surface area is 222 Å². The molecule has 3 atom stereocenters. The maximum absolute atomic E-state index is 13.5. The van der Waals surface area contributed by atoms with E-state index >= 15 is 0 Å². The molecule has 0 fully saturated rings. The molecule has 0 aliphatic carbocycles. The van der Waals surface area contributed by atoms with Gasteiger partial charge in [0.2, 0.25) is 0 Å². The SMILES string of the molecule is CC(C)NC(=O)Nc1cccc2c1O[C@H](CN(C)C(=O)Nc1ccc(F)cc1)[C@H](C)CN([C@H](C)CO)C2=O. The molecule has 38 heavy (non-hydrogen) atoms. The van der Waals surface area contributed by atoms with Crippen molar-refractivity contribution in [1.82, 2.24) is 15.1 Å². The van der Waals surface area contributed by atoms with Gasteiger partial charge >= 0.3 is 12.1 Å². The van der Waals surface area contributed by atoms with Crippen LogP contribution in [0.3, 0.4) is 0 Å². The zero-order valence-electron chi connectivity index (χ0n) is 22.3. The minimum atomic E-state index is -0.574. The van der Waals surface area contributed by atoms with Gasteiger partial charge in [-0.05, 0) is 57.2 Å². The van der Waals surface area contributed by atoms with Crippen LogP contribution in [-0.2, 0) is 0 Å². The average molecular weight is 530 g/mol. The number of carbonyl (C=O) groups excluding carboxylic acids is 3. The van der Waals surface area contributed by atoms with Crippen molar-refractivity contribution in [2.75, 3.05) is 37.4 Å². The average Bonchev–Trinajstić information content (AvgIpc) is 2.86.